The van der Waals surface area contributed by atoms with Gasteiger partial charge in [-0.3, -0.25) is 0 Å². The fourth-order valence-electron chi connectivity index (χ4n) is 2.92. The molecule has 0 aliphatic rings. The molecule has 4 heteroatoms. The predicted molar refractivity (Wildman–Crippen MR) is 97.8 cm³/mol. The first kappa shape index (κ1) is 15.5. The minimum absolute atomic E-state index is 0.291. The summed E-state index contributed by atoms with van der Waals surface area (Å²) < 4.78 is 24.4. The number of fused-ring (bicyclic) bond motifs is 3. The Labute approximate surface area is 145 Å². The lowest BCUT2D eigenvalue weighted by Gasteiger charge is -2.08. The highest BCUT2D eigenvalue weighted by Crippen LogP contribution is 2.28. The standard InChI is InChI=1S/C21H18FNO2/c22-15-5-3-6-16(13-15)24-11-4-12-25-17-9-10-19-18-7-1-2-8-20(18)23-21(19)14-17/h1-3,5-10,13-14,23H,4,11-12H2. The molecule has 3 nitrogen and oxygen atoms in total. The van der Waals surface area contributed by atoms with E-state index in [0.29, 0.717) is 19.0 Å². The number of ether oxygens (including phenoxy) is 2. The first-order valence-electron chi connectivity index (χ1n) is 8.31. The fourth-order valence-corrected chi connectivity index (χ4v) is 2.92. The second-order valence-electron chi connectivity index (χ2n) is 5.89. The highest BCUT2D eigenvalue weighted by atomic mass is 19.1. The van der Waals surface area contributed by atoms with Gasteiger partial charge in [-0.1, -0.05) is 24.3 Å². The van der Waals surface area contributed by atoms with Crippen LogP contribution < -0.4 is 9.47 Å². The molecule has 0 radical (unpaired) electrons. The molecular weight excluding hydrogens is 317 g/mol. The normalized spacial score (nSPS) is 11.1. The molecule has 126 valence electrons. The maximum atomic E-state index is 13.1. The van der Waals surface area contributed by atoms with E-state index in [2.05, 4.69) is 23.2 Å². The van der Waals surface area contributed by atoms with Crippen molar-refractivity contribution in [3.63, 3.8) is 0 Å². The first-order chi connectivity index (χ1) is 12.3. The van der Waals surface area contributed by atoms with Crippen LogP contribution in [0.15, 0.2) is 66.7 Å². The van der Waals surface area contributed by atoms with E-state index in [4.69, 9.17) is 9.47 Å². The molecule has 0 atom stereocenters. The van der Waals surface area contributed by atoms with Gasteiger partial charge >= 0.3 is 0 Å². The molecular formula is C21H18FNO2. The number of H-pyrrole nitrogens is 1. The summed E-state index contributed by atoms with van der Waals surface area (Å²) in [5.74, 6) is 1.07. The molecule has 0 aliphatic heterocycles. The largest absolute Gasteiger partial charge is 0.493 e. The third-order valence-electron chi connectivity index (χ3n) is 4.10. The molecule has 0 bridgehead atoms. The van der Waals surface area contributed by atoms with Gasteiger partial charge in [-0.25, -0.2) is 4.39 Å². The number of hydrogen-bond donors (Lipinski definition) is 1. The van der Waals surface area contributed by atoms with Crippen molar-refractivity contribution >= 4 is 21.8 Å². The van der Waals surface area contributed by atoms with Gasteiger partial charge in [0, 0.05) is 34.8 Å². The van der Waals surface area contributed by atoms with E-state index in [1.54, 1.807) is 12.1 Å². The van der Waals surface area contributed by atoms with E-state index in [9.17, 15) is 4.39 Å². The molecule has 25 heavy (non-hydrogen) atoms. The van der Waals surface area contributed by atoms with E-state index >= 15 is 0 Å². The molecule has 1 N–H and O–H groups in total. The van der Waals surface area contributed by atoms with Crippen LogP contribution in [0.4, 0.5) is 4.39 Å². The highest BCUT2D eigenvalue weighted by molar-refractivity contribution is 6.07. The average Bonchev–Trinajstić information content (AvgIpc) is 2.99. The van der Waals surface area contributed by atoms with Crippen LogP contribution in [0, 0.1) is 5.82 Å². The van der Waals surface area contributed by atoms with Gasteiger partial charge in [0.05, 0.1) is 18.7 Å². The molecule has 3 aromatic carbocycles. The van der Waals surface area contributed by atoms with Gasteiger partial charge in [0.25, 0.3) is 0 Å². The van der Waals surface area contributed by atoms with Crippen LogP contribution in [0.1, 0.15) is 6.42 Å². The summed E-state index contributed by atoms with van der Waals surface area (Å²) in [6.45, 7) is 1.03. The van der Waals surface area contributed by atoms with E-state index in [0.717, 1.165) is 23.2 Å². The van der Waals surface area contributed by atoms with Crippen LogP contribution in [0.3, 0.4) is 0 Å². The van der Waals surface area contributed by atoms with Crippen molar-refractivity contribution < 1.29 is 13.9 Å². The van der Waals surface area contributed by atoms with Crippen molar-refractivity contribution in [2.45, 2.75) is 6.42 Å². The number of para-hydroxylation sites is 1. The molecule has 0 fully saturated rings. The zero-order valence-corrected chi connectivity index (χ0v) is 13.7. The van der Waals surface area contributed by atoms with E-state index < -0.39 is 0 Å². The van der Waals surface area contributed by atoms with Crippen LogP contribution in [0.5, 0.6) is 11.5 Å². The van der Waals surface area contributed by atoms with Gasteiger partial charge in [0.1, 0.15) is 17.3 Å². The summed E-state index contributed by atoms with van der Waals surface area (Å²) in [5, 5.41) is 2.41. The van der Waals surface area contributed by atoms with Gasteiger partial charge < -0.3 is 14.5 Å². The molecule has 4 rings (SSSR count). The monoisotopic (exact) mass is 335 g/mol. The second kappa shape index (κ2) is 6.85. The fraction of sp³-hybridized carbons (Fsp3) is 0.143. The number of hydrogen-bond acceptors (Lipinski definition) is 2. The summed E-state index contributed by atoms with van der Waals surface area (Å²) in [5.41, 5.74) is 2.19. The Morgan fingerprint density at radius 1 is 0.720 bits per heavy atom. The quantitative estimate of drug-likeness (QED) is 0.485. The zero-order valence-electron chi connectivity index (χ0n) is 13.7. The Morgan fingerprint density at radius 3 is 2.32 bits per heavy atom. The molecule has 0 aliphatic carbocycles. The number of benzene rings is 3. The van der Waals surface area contributed by atoms with Crippen molar-refractivity contribution in [1.82, 2.24) is 4.98 Å². The lowest BCUT2D eigenvalue weighted by molar-refractivity contribution is 0.247. The van der Waals surface area contributed by atoms with Crippen LogP contribution in [-0.4, -0.2) is 18.2 Å². The molecule has 0 amide bonds. The number of aromatic amines is 1. The van der Waals surface area contributed by atoms with Crippen molar-refractivity contribution in [2.75, 3.05) is 13.2 Å². The van der Waals surface area contributed by atoms with E-state index in [-0.39, 0.29) is 5.82 Å². The van der Waals surface area contributed by atoms with Gasteiger partial charge in [-0.05, 0) is 30.3 Å². The first-order valence-corrected chi connectivity index (χ1v) is 8.31. The summed E-state index contributed by atoms with van der Waals surface area (Å²) in [6, 6.07) is 20.5. The highest BCUT2D eigenvalue weighted by Gasteiger charge is 2.05. The van der Waals surface area contributed by atoms with E-state index in [1.807, 2.05) is 24.3 Å². The zero-order chi connectivity index (χ0) is 17.1. The Kier molecular flexibility index (Phi) is 4.25. The summed E-state index contributed by atoms with van der Waals surface area (Å²) >= 11 is 0. The van der Waals surface area contributed by atoms with Crippen LogP contribution >= 0.6 is 0 Å². The smallest absolute Gasteiger partial charge is 0.126 e. The lowest BCUT2D eigenvalue weighted by atomic mass is 10.1. The molecule has 0 saturated heterocycles. The van der Waals surface area contributed by atoms with Crippen molar-refractivity contribution in [3.8, 4) is 11.5 Å². The summed E-state index contributed by atoms with van der Waals surface area (Å²) in [6.07, 6.45) is 0.723. The third-order valence-corrected chi connectivity index (χ3v) is 4.10. The molecule has 1 heterocycles. The Morgan fingerprint density at radius 2 is 1.48 bits per heavy atom. The Hall–Kier alpha value is -3.01. The predicted octanol–water partition coefficient (Wildman–Crippen LogP) is 5.31. The SMILES string of the molecule is Fc1cccc(OCCCOc2ccc3c(c2)[nH]c2ccccc23)c1. The van der Waals surface area contributed by atoms with Gasteiger partial charge in [-0.15, -0.1) is 0 Å². The average molecular weight is 335 g/mol. The minimum Gasteiger partial charge on any atom is -0.493 e. The van der Waals surface area contributed by atoms with Gasteiger partial charge in [-0.2, -0.15) is 0 Å². The summed E-state index contributed by atoms with van der Waals surface area (Å²) in [4.78, 5) is 3.41. The molecule has 4 aromatic rings. The maximum Gasteiger partial charge on any atom is 0.126 e. The third kappa shape index (κ3) is 3.43. The number of aromatic nitrogens is 1. The Bertz CT molecular complexity index is 1010. The number of halogens is 1. The van der Waals surface area contributed by atoms with Gasteiger partial charge in [0.15, 0.2) is 0 Å². The van der Waals surface area contributed by atoms with Crippen molar-refractivity contribution in [1.29, 1.82) is 0 Å². The second-order valence-corrected chi connectivity index (χ2v) is 5.89. The Balaban J connectivity index is 1.34. The molecule has 0 saturated carbocycles. The van der Waals surface area contributed by atoms with Gasteiger partial charge in [0.2, 0.25) is 0 Å². The molecule has 0 spiro atoms. The molecule has 0 unspecified atom stereocenters. The number of nitrogens with one attached hydrogen (secondary N) is 1. The molecule has 1 aromatic heterocycles. The maximum absolute atomic E-state index is 13.1. The van der Waals surface area contributed by atoms with Crippen LogP contribution in [0.25, 0.3) is 21.8 Å². The number of rotatable bonds is 6. The van der Waals surface area contributed by atoms with Crippen LogP contribution in [0.2, 0.25) is 0 Å². The minimum atomic E-state index is -0.291. The lowest BCUT2D eigenvalue weighted by Crippen LogP contribution is -2.05. The summed E-state index contributed by atoms with van der Waals surface area (Å²) in [7, 11) is 0. The van der Waals surface area contributed by atoms with E-state index in [1.165, 1.54) is 22.9 Å². The topological polar surface area (TPSA) is 34.2 Å². The van der Waals surface area contributed by atoms with Crippen molar-refractivity contribution in [2.24, 2.45) is 0 Å². The van der Waals surface area contributed by atoms with Crippen molar-refractivity contribution in [3.05, 3.63) is 72.5 Å². The van der Waals surface area contributed by atoms with Crippen LogP contribution in [-0.2, 0) is 0 Å².